The number of carbonyl (C=O) groups is 2. The van der Waals surface area contributed by atoms with Gasteiger partial charge in [0.05, 0.1) is 19.4 Å². The Morgan fingerprint density at radius 1 is 1.19 bits per heavy atom. The van der Waals surface area contributed by atoms with Gasteiger partial charge in [-0.2, -0.15) is 0 Å². The van der Waals surface area contributed by atoms with Crippen molar-refractivity contribution in [1.82, 2.24) is 15.1 Å². The normalized spacial score (nSPS) is 19.7. The van der Waals surface area contributed by atoms with Gasteiger partial charge in [-0.25, -0.2) is 0 Å². The van der Waals surface area contributed by atoms with Gasteiger partial charge in [-0.3, -0.25) is 14.5 Å². The molecule has 1 aliphatic carbocycles. The van der Waals surface area contributed by atoms with Crippen LogP contribution in [0.3, 0.4) is 0 Å². The summed E-state index contributed by atoms with van der Waals surface area (Å²) in [6, 6.07) is 4.12. The second-order valence-corrected chi connectivity index (χ2v) is 7.82. The van der Waals surface area contributed by atoms with E-state index in [1.54, 1.807) is 6.26 Å². The first kappa shape index (κ1) is 19.9. The number of hydrogen-bond acceptors (Lipinski definition) is 4. The van der Waals surface area contributed by atoms with Gasteiger partial charge in [-0.15, -0.1) is 0 Å². The molecule has 0 radical (unpaired) electrons. The quantitative estimate of drug-likeness (QED) is 0.796. The van der Waals surface area contributed by atoms with Gasteiger partial charge in [0, 0.05) is 18.5 Å². The number of carbonyl (C=O) groups excluding carboxylic acids is 2. The third-order valence-electron chi connectivity index (χ3n) is 6.01. The second-order valence-electron chi connectivity index (χ2n) is 7.82. The van der Waals surface area contributed by atoms with E-state index in [0.29, 0.717) is 19.1 Å². The summed E-state index contributed by atoms with van der Waals surface area (Å²) in [4.78, 5) is 29.4. The number of piperidine rings is 1. The maximum atomic E-state index is 12.8. The molecule has 150 valence electrons. The number of amides is 2. The molecule has 0 bridgehead atoms. The molecule has 2 heterocycles. The maximum Gasteiger partial charge on any atom is 0.236 e. The van der Waals surface area contributed by atoms with Crippen molar-refractivity contribution in [3.8, 4) is 0 Å². The molecule has 2 amide bonds. The van der Waals surface area contributed by atoms with Gasteiger partial charge in [0.15, 0.2) is 0 Å². The van der Waals surface area contributed by atoms with E-state index in [1.807, 2.05) is 12.1 Å². The summed E-state index contributed by atoms with van der Waals surface area (Å²) in [5, 5.41) is 2.95. The summed E-state index contributed by atoms with van der Waals surface area (Å²) in [5.41, 5.74) is 0. The SMILES string of the molecule is CCN(C(=O)CN1CCC(C(=O)NCc2ccco2)CC1)C1CCCCC1. The third kappa shape index (κ3) is 5.58. The lowest BCUT2D eigenvalue weighted by Crippen LogP contribution is -2.48. The van der Waals surface area contributed by atoms with Gasteiger partial charge in [0.25, 0.3) is 0 Å². The van der Waals surface area contributed by atoms with Crippen LogP contribution in [0.5, 0.6) is 0 Å². The smallest absolute Gasteiger partial charge is 0.236 e. The fourth-order valence-corrected chi connectivity index (χ4v) is 4.40. The Kier molecular flexibility index (Phi) is 7.33. The number of nitrogens with zero attached hydrogens (tertiary/aromatic N) is 2. The fourth-order valence-electron chi connectivity index (χ4n) is 4.40. The highest BCUT2D eigenvalue weighted by Crippen LogP contribution is 2.23. The van der Waals surface area contributed by atoms with Crippen molar-refractivity contribution in [3.63, 3.8) is 0 Å². The van der Waals surface area contributed by atoms with Crippen molar-refractivity contribution < 1.29 is 14.0 Å². The lowest BCUT2D eigenvalue weighted by atomic mass is 9.94. The highest BCUT2D eigenvalue weighted by molar-refractivity contribution is 5.79. The van der Waals surface area contributed by atoms with E-state index in [1.165, 1.54) is 19.3 Å². The molecule has 1 aromatic rings. The van der Waals surface area contributed by atoms with Crippen molar-refractivity contribution >= 4 is 11.8 Å². The fraction of sp³-hybridized carbons (Fsp3) is 0.714. The van der Waals surface area contributed by atoms with Crippen LogP contribution in [0.4, 0.5) is 0 Å². The first-order valence-electron chi connectivity index (χ1n) is 10.5. The largest absolute Gasteiger partial charge is 0.467 e. The highest BCUT2D eigenvalue weighted by atomic mass is 16.3. The van der Waals surface area contributed by atoms with Crippen molar-refractivity contribution in [1.29, 1.82) is 0 Å². The zero-order valence-electron chi connectivity index (χ0n) is 16.5. The van der Waals surface area contributed by atoms with E-state index in [9.17, 15) is 9.59 Å². The van der Waals surface area contributed by atoms with Crippen molar-refractivity contribution in [2.24, 2.45) is 5.92 Å². The van der Waals surface area contributed by atoms with E-state index in [-0.39, 0.29) is 17.7 Å². The first-order valence-corrected chi connectivity index (χ1v) is 10.5. The van der Waals surface area contributed by atoms with Crippen LogP contribution >= 0.6 is 0 Å². The van der Waals surface area contributed by atoms with Gasteiger partial charge in [-0.05, 0) is 57.8 Å². The molecule has 1 N–H and O–H groups in total. The van der Waals surface area contributed by atoms with Gasteiger partial charge in [-0.1, -0.05) is 19.3 Å². The van der Waals surface area contributed by atoms with E-state index in [0.717, 1.165) is 51.1 Å². The highest BCUT2D eigenvalue weighted by Gasteiger charge is 2.29. The Balaban J connectivity index is 1.40. The molecule has 3 rings (SSSR count). The summed E-state index contributed by atoms with van der Waals surface area (Å²) < 4.78 is 5.25. The van der Waals surface area contributed by atoms with Crippen LogP contribution in [0.1, 0.15) is 57.6 Å². The average Bonchev–Trinajstić information content (AvgIpc) is 3.22. The summed E-state index contributed by atoms with van der Waals surface area (Å²) in [6.45, 7) is 5.44. The molecule has 0 unspecified atom stereocenters. The molecule has 6 heteroatoms. The molecule has 1 aromatic heterocycles. The van der Waals surface area contributed by atoms with Crippen LogP contribution in [0.2, 0.25) is 0 Å². The molecule has 2 aliphatic rings. The minimum atomic E-state index is 0.0342. The summed E-state index contributed by atoms with van der Waals surface area (Å²) >= 11 is 0. The molecular formula is C21H33N3O3. The van der Waals surface area contributed by atoms with Gasteiger partial charge < -0.3 is 14.6 Å². The van der Waals surface area contributed by atoms with Crippen molar-refractivity contribution in [3.05, 3.63) is 24.2 Å². The number of rotatable bonds is 7. The van der Waals surface area contributed by atoms with Crippen LogP contribution < -0.4 is 5.32 Å². The van der Waals surface area contributed by atoms with Crippen LogP contribution in [0.25, 0.3) is 0 Å². The summed E-state index contributed by atoms with van der Waals surface area (Å²) in [7, 11) is 0. The number of hydrogen-bond donors (Lipinski definition) is 1. The molecule has 1 saturated carbocycles. The average molecular weight is 376 g/mol. The Bertz CT molecular complexity index is 588. The van der Waals surface area contributed by atoms with Crippen LogP contribution in [0, 0.1) is 5.92 Å². The molecular weight excluding hydrogens is 342 g/mol. The van der Waals surface area contributed by atoms with Crippen molar-refractivity contribution in [2.75, 3.05) is 26.2 Å². The predicted molar refractivity (Wildman–Crippen MR) is 104 cm³/mol. The van der Waals surface area contributed by atoms with Gasteiger partial charge in [0.2, 0.25) is 11.8 Å². The van der Waals surface area contributed by atoms with E-state index in [4.69, 9.17) is 4.42 Å². The second kappa shape index (κ2) is 9.93. The van der Waals surface area contributed by atoms with E-state index in [2.05, 4.69) is 22.0 Å². The minimum Gasteiger partial charge on any atom is -0.467 e. The lowest BCUT2D eigenvalue weighted by Gasteiger charge is -2.36. The molecule has 2 fully saturated rings. The van der Waals surface area contributed by atoms with E-state index >= 15 is 0 Å². The molecule has 0 aromatic carbocycles. The molecule has 0 spiro atoms. The number of nitrogens with one attached hydrogen (secondary N) is 1. The number of furan rings is 1. The maximum absolute atomic E-state index is 12.8. The summed E-state index contributed by atoms with van der Waals surface area (Å²) in [6.07, 6.45) is 9.33. The monoisotopic (exact) mass is 375 g/mol. The number of likely N-dealkylation sites (tertiary alicyclic amines) is 1. The molecule has 27 heavy (non-hydrogen) atoms. The van der Waals surface area contributed by atoms with E-state index < -0.39 is 0 Å². The molecule has 0 atom stereocenters. The standard InChI is InChI=1S/C21H33N3O3/c1-2-24(18-7-4-3-5-8-18)20(25)16-23-12-10-17(11-13-23)21(26)22-15-19-9-6-14-27-19/h6,9,14,17-18H,2-5,7-8,10-13,15-16H2,1H3,(H,22,26). The Morgan fingerprint density at radius 2 is 1.93 bits per heavy atom. The Morgan fingerprint density at radius 3 is 2.56 bits per heavy atom. The third-order valence-corrected chi connectivity index (χ3v) is 6.01. The molecule has 1 aliphatic heterocycles. The Hall–Kier alpha value is -1.82. The topological polar surface area (TPSA) is 65.8 Å². The summed E-state index contributed by atoms with van der Waals surface area (Å²) in [5.74, 6) is 1.15. The van der Waals surface area contributed by atoms with Gasteiger partial charge >= 0.3 is 0 Å². The first-order chi connectivity index (χ1) is 13.2. The Labute approximate surface area is 162 Å². The predicted octanol–water partition coefficient (Wildman–Crippen LogP) is 2.79. The van der Waals surface area contributed by atoms with Crippen LogP contribution in [0.15, 0.2) is 22.8 Å². The number of likely N-dealkylation sites (N-methyl/N-ethyl adjacent to an activating group) is 1. The minimum absolute atomic E-state index is 0.0342. The zero-order valence-corrected chi connectivity index (χ0v) is 16.5. The lowest BCUT2D eigenvalue weighted by molar-refractivity contribution is -0.135. The van der Waals surface area contributed by atoms with Crippen molar-refractivity contribution in [2.45, 2.75) is 64.5 Å². The van der Waals surface area contributed by atoms with Crippen LogP contribution in [-0.4, -0.2) is 53.8 Å². The van der Waals surface area contributed by atoms with Gasteiger partial charge in [0.1, 0.15) is 5.76 Å². The zero-order chi connectivity index (χ0) is 19.1. The van der Waals surface area contributed by atoms with Crippen LogP contribution in [-0.2, 0) is 16.1 Å². The molecule has 6 nitrogen and oxygen atoms in total. The molecule has 1 saturated heterocycles.